The fraction of sp³-hybridized carbons (Fsp3) is 0.333. The van der Waals surface area contributed by atoms with Gasteiger partial charge in [-0.15, -0.1) is 0 Å². The van der Waals surface area contributed by atoms with E-state index in [2.05, 4.69) is 38.7 Å². The summed E-state index contributed by atoms with van der Waals surface area (Å²) in [6, 6.07) is 20.2. The van der Waals surface area contributed by atoms with Crippen LogP contribution in [0.1, 0.15) is 22.9 Å². The molecule has 2 aromatic carbocycles. The topological polar surface area (TPSA) is 41.4 Å². The van der Waals surface area contributed by atoms with Crippen LogP contribution in [0.2, 0.25) is 0 Å². The molecule has 0 bridgehead atoms. The summed E-state index contributed by atoms with van der Waals surface area (Å²) in [7, 11) is 0. The van der Waals surface area contributed by atoms with E-state index in [1.54, 1.807) is 0 Å². The van der Waals surface area contributed by atoms with E-state index < -0.39 is 0 Å². The third-order valence-corrected chi connectivity index (χ3v) is 5.78. The van der Waals surface area contributed by atoms with Crippen molar-refractivity contribution in [3.05, 3.63) is 90.0 Å². The Morgan fingerprint density at radius 2 is 1.48 bits per heavy atom. The van der Waals surface area contributed by atoms with Gasteiger partial charge in [0, 0.05) is 51.7 Å². The first-order valence-electron chi connectivity index (χ1n) is 10.3. The lowest BCUT2D eigenvalue weighted by Gasteiger charge is -2.36. The van der Waals surface area contributed by atoms with Crippen molar-refractivity contribution >= 4 is 5.91 Å². The second kappa shape index (κ2) is 9.05. The maximum atomic E-state index is 13.5. The van der Waals surface area contributed by atoms with Crippen molar-refractivity contribution in [1.82, 2.24) is 19.4 Å². The third kappa shape index (κ3) is 4.57. The van der Waals surface area contributed by atoms with Crippen molar-refractivity contribution in [2.75, 3.05) is 32.7 Å². The molecule has 150 valence electrons. The molecule has 3 aromatic rings. The lowest BCUT2D eigenvalue weighted by atomic mass is 9.90. The van der Waals surface area contributed by atoms with E-state index in [4.69, 9.17) is 0 Å². The standard InChI is InChI=1S/C24H28N4O/c1-20-25-12-13-27(20)17-14-26-15-18-28(19-16-26)24(29)23(21-8-4-2-5-9-21)22-10-6-3-7-11-22/h2-13,23H,14-19H2,1H3. The number of hydrogen-bond acceptors (Lipinski definition) is 3. The smallest absolute Gasteiger partial charge is 0.234 e. The normalized spacial score (nSPS) is 15.0. The number of imidazole rings is 1. The van der Waals surface area contributed by atoms with Crippen LogP contribution in [-0.2, 0) is 11.3 Å². The molecular weight excluding hydrogens is 360 g/mol. The second-order valence-corrected chi connectivity index (χ2v) is 7.59. The first-order valence-corrected chi connectivity index (χ1v) is 10.3. The SMILES string of the molecule is Cc1nccn1CCN1CCN(C(=O)C(c2ccccc2)c2ccccc2)CC1. The predicted molar refractivity (Wildman–Crippen MR) is 115 cm³/mol. The summed E-state index contributed by atoms with van der Waals surface area (Å²) in [5.74, 6) is 1.01. The number of piperazine rings is 1. The van der Waals surface area contributed by atoms with Gasteiger partial charge in [-0.1, -0.05) is 60.7 Å². The number of benzene rings is 2. The number of rotatable bonds is 6. The predicted octanol–water partition coefficient (Wildman–Crippen LogP) is 3.17. The van der Waals surface area contributed by atoms with Gasteiger partial charge in [0.2, 0.25) is 5.91 Å². The molecule has 0 spiro atoms. The first kappa shape index (κ1) is 19.4. The summed E-state index contributed by atoms with van der Waals surface area (Å²) in [5.41, 5.74) is 2.11. The van der Waals surface area contributed by atoms with E-state index >= 15 is 0 Å². The number of nitrogens with zero attached hydrogens (tertiary/aromatic N) is 4. The molecule has 1 amide bonds. The monoisotopic (exact) mass is 388 g/mol. The van der Waals surface area contributed by atoms with E-state index in [1.807, 2.05) is 60.6 Å². The lowest BCUT2D eigenvalue weighted by Crippen LogP contribution is -2.50. The number of carbonyl (C=O) groups excluding carboxylic acids is 1. The van der Waals surface area contributed by atoms with Crippen LogP contribution in [0.4, 0.5) is 0 Å². The van der Waals surface area contributed by atoms with E-state index in [0.29, 0.717) is 0 Å². The van der Waals surface area contributed by atoms with Crippen molar-refractivity contribution in [2.24, 2.45) is 0 Å². The number of carbonyl (C=O) groups is 1. The number of aryl methyl sites for hydroxylation is 1. The largest absolute Gasteiger partial charge is 0.339 e. The van der Waals surface area contributed by atoms with Crippen molar-refractivity contribution < 1.29 is 4.79 Å². The highest BCUT2D eigenvalue weighted by atomic mass is 16.2. The molecule has 5 heteroatoms. The quantitative estimate of drug-likeness (QED) is 0.651. The molecule has 0 N–H and O–H groups in total. The minimum Gasteiger partial charge on any atom is -0.339 e. The zero-order chi connectivity index (χ0) is 20.1. The van der Waals surface area contributed by atoms with E-state index in [1.165, 1.54) is 0 Å². The van der Waals surface area contributed by atoms with Gasteiger partial charge in [0.15, 0.2) is 0 Å². The Bertz CT molecular complexity index is 875. The van der Waals surface area contributed by atoms with Gasteiger partial charge < -0.3 is 9.47 Å². The molecule has 0 atom stereocenters. The lowest BCUT2D eigenvalue weighted by molar-refractivity contribution is -0.133. The molecule has 1 aliphatic rings. The van der Waals surface area contributed by atoms with Gasteiger partial charge >= 0.3 is 0 Å². The van der Waals surface area contributed by atoms with Gasteiger partial charge in [-0.3, -0.25) is 9.69 Å². The van der Waals surface area contributed by atoms with Crippen LogP contribution in [0.5, 0.6) is 0 Å². The first-order chi connectivity index (χ1) is 14.2. The fourth-order valence-corrected chi connectivity index (χ4v) is 4.03. The van der Waals surface area contributed by atoms with Crippen LogP contribution < -0.4 is 0 Å². The van der Waals surface area contributed by atoms with Crippen LogP contribution >= 0.6 is 0 Å². The van der Waals surface area contributed by atoms with Crippen LogP contribution in [-0.4, -0.2) is 58.0 Å². The summed E-state index contributed by atoms with van der Waals surface area (Å²) in [6.45, 7) is 7.34. The molecule has 4 rings (SSSR count). The van der Waals surface area contributed by atoms with Gasteiger partial charge in [-0.05, 0) is 18.1 Å². The van der Waals surface area contributed by atoms with Gasteiger partial charge in [0.1, 0.15) is 5.82 Å². The van der Waals surface area contributed by atoms with Gasteiger partial charge in [0.25, 0.3) is 0 Å². The molecule has 1 aromatic heterocycles. The summed E-state index contributed by atoms with van der Waals surface area (Å²) >= 11 is 0. The Labute approximate surface area is 172 Å². The third-order valence-electron chi connectivity index (χ3n) is 5.78. The minimum atomic E-state index is -0.238. The van der Waals surface area contributed by atoms with Crippen LogP contribution in [0.3, 0.4) is 0 Å². The second-order valence-electron chi connectivity index (χ2n) is 7.59. The maximum Gasteiger partial charge on any atom is 0.234 e. The van der Waals surface area contributed by atoms with E-state index in [0.717, 1.165) is 56.2 Å². The van der Waals surface area contributed by atoms with E-state index in [9.17, 15) is 4.79 Å². The van der Waals surface area contributed by atoms with Crippen molar-refractivity contribution in [1.29, 1.82) is 0 Å². The summed E-state index contributed by atoms with van der Waals surface area (Å²) in [4.78, 5) is 22.2. The molecule has 1 fully saturated rings. The Morgan fingerprint density at radius 1 is 0.897 bits per heavy atom. The van der Waals surface area contributed by atoms with Gasteiger partial charge in [-0.2, -0.15) is 0 Å². The Kier molecular flexibility index (Phi) is 6.06. The maximum absolute atomic E-state index is 13.5. The Balaban J connectivity index is 1.41. The van der Waals surface area contributed by atoms with Crippen LogP contribution in [0, 0.1) is 6.92 Å². The highest BCUT2D eigenvalue weighted by molar-refractivity contribution is 5.87. The molecule has 2 heterocycles. The van der Waals surface area contributed by atoms with Crippen molar-refractivity contribution in [3.63, 3.8) is 0 Å². The molecule has 0 radical (unpaired) electrons. The van der Waals surface area contributed by atoms with Crippen molar-refractivity contribution in [3.8, 4) is 0 Å². The van der Waals surface area contributed by atoms with Crippen LogP contribution in [0.15, 0.2) is 73.1 Å². The fourth-order valence-electron chi connectivity index (χ4n) is 4.03. The van der Waals surface area contributed by atoms with Crippen molar-refractivity contribution in [2.45, 2.75) is 19.4 Å². The van der Waals surface area contributed by atoms with E-state index in [-0.39, 0.29) is 11.8 Å². The summed E-state index contributed by atoms with van der Waals surface area (Å²) in [6.07, 6.45) is 3.87. The highest BCUT2D eigenvalue weighted by Crippen LogP contribution is 2.27. The Hall–Kier alpha value is -2.92. The summed E-state index contributed by atoms with van der Waals surface area (Å²) < 4.78 is 2.18. The molecule has 0 unspecified atom stereocenters. The van der Waals surface area contributed by atoms with Gasteiger partial charge in [0.05, 0.1) is 5.92 Å². The molecule has 1 aliphatic heterocycles. The summed E-state index contributed by atoms with van der Waals surface area (Å²) in [5, 5.41) is 0. The molecule has 0 saturated carbocycles. The molecule has 1 saturated heterocycles. The number of hydrogen-bond donors (Lipinski definition) is 0. The molecule has 0 aliphatic carbocycles. The average Bonchev–Trinajstić information content (AvgIpc) is 3.19. The molecular formula is C24H28N4O. The molecule has 5 nitrogen and oxygen atoms in total. The van der Waals surface area contributed by atoms with Crippen LogP contribution in [0.25, 0.3) is 0 Å². The highest BCUT2D eigenvalue weighted by Gasteiger charge is 2.29. The minimum absolute atomic E-state index is 0.201. The van der Waals surface area contributed by atoms with Gasteiger partial charge in [-0.25, -0.2) is 4.98 Å². The Morgan fingerprint density at radius 3 is 2.00 bits per heavy atom. The zero-order valence-electron chi connectivity index (χ0n) is 16.9. The average molecular weight is 389 g/mol. The number of amides is 1. The zero-order valence-corrected chi connectivity index (χ0v) is 16.9. The molecule has 29 heavy (non-hydrogen) atoms. The number of aromatic nitrogens is 2.